The lowest BCUT2D eigenvalue weighted by molar-refractivity contribution is 0.551. The molecule has 1 rings (SSSR count). The van der Waals surface area contributed by atoms with Crippen molar-refractivity contribution in [2.75, 3.05) is 18.0 Å². The van der Waals surface area contributed by atoms with Crippen LogP contribution in [0.2, 0.25) is 5.02 Å². The molecule has 3 heteroatoms. The van der Waals surface area contributed by atoms with Gasteiger partial charge in [0.05, 0.1) is 0 Å². The molecule has 0 unspecified atom stereocenters. The topological polar surface area (TPSA) is 29.3 Å². The Kier molecular flexibility index (Phi) is 5.97. The summed E-state index contributed by atoms with van der Waals surface area (Å²) in [5, 5.41) is 0.758. The van der Waals surface area contributed by atoms with Gasteiger partial charge in [0, 0.05) is 30.3 Å². The fourth-order valence-corrected chi connectivity index (χ4v) is 2.37. The molecule has 0 fully saturated rings. The van der Waals surface area contributed by atoms with Crippen LogP contribution in [0.25, 0.3) is 0 Å². The first kappa shape index (κ1) is 15.3. The second-order valence-corrected chi connectivity index (χ2v) is 6.11. The molecule has 0 radical (unpaired) electrons. The van der Waals surface area contributed by atoms with Crippen LogP contribution in [0.3, 0.4) is 0 Å². The first-order valence-electron chi connectivity index (χ1n) is 6.67. The monoisotopic (exact) mass is 268 g/mol. The van der Waals surface area contributed by atoms with E-state index in [2.05, 4.69) is 38.7 Å². The van der Waals surface area contributed by atoms with E-state index in [1.54, 1.807) is 0 Å². The molecule has 0 aliphatic heterocycles. The minimum atomic E-state index is 0.530. The van der Waals surface area contributed by atoms with Crippen LogP contribution in [0.1, 0.15) is 33.3 Å². The molecule has 0 saturated carbocycles. The minimum absolute atomic E-state index is 0.530. The first-order chi connectivity index (χ1) is 8.43. The highest BCUT2D eigenvalue weighted by atomic mass is 35.5. The van der Waals surface area contributed by atoms with Gasteiger partial charge in [0.15, 0.2) is 0 Å². The Hall–Kier alpha value is -0.730. The summed E-state index contributed by atoms with van der Waals surface area (Å²) in [6, 6.07) is 6.02. The second-order valence-electron chi connectivity index (χ2n) is 5.67. The molecular formula is C15H25ClN2. The van der Waals surface area contributed by atoms with Gasteiger partial charge in [0.2, 0.25) is 0 Å². The van der Waals surface area contributed by atoms with Gasteiger partial charge in [-0.3, -0.25) is 0 Å². The SMILES string of the molecule is CC(C)CN(CC(C)C)c1ccc(Cl)cc1CN. The molecule has 102 valence electrons. The van der Waals surface area contributed by atoms with Gasteiger partial charge in [0.1, 0.15) is 0 Å². The van der Waals surface area contributed by atoms with Crippen molar-refractivity contribution >= 4 is 17.3 Å². The van der Waals surface area contributed by atoms with E-state index >= 15 is 0 Å². The highest BCUT2D eigenvalue weighted by Crippen LogP contribution is 2.25. The highest BCUT2D eigenvalue weighted by molar-refractivity contribution is 6.30. The van der Waals surface area contributed by atoms with Crippen LogP contribution < -0.4 is 10.6 Å². The molecule has 0 heterocycles. The molecule has 0 amide bonds. The minimum Gasteiger partial charge on any atom is -0.371 e. The van der Waals surface area contributed by atoms with Crippen molar-refractivity contribution in [3.05, 3.63) is 28.8 Å². The molecule has 0 atom stereocenters. The number of halogens is 1. The molecule has 0 saturated heterocycles. The molecule has 0 aliphatic carbocycles. The molecule has 18 heavy (non-hydrogen) atoms. The average molecular weight is 269 g/mol. The van der Waals surface area contributed by atoms with Crippen LogP contribution in [-0.4, -0.2) is 13.1 Å². The van der Waals surface area contributed by atoms with Crippen molar-refractivity contribution in [3.63, 3.8) is 0 Å². The Morgan fingerprint density at radius 3 is 2.11 bits per heavy atom. The summed E-state index contributed by atoms with van der Waals surface area (Å²) in [4.78, 5) is 2.42. The van der Waals surface area contributed by atoms with E-state index in [1.165, 1.54) is 5.69 Å². The number of hydrogen-bond acceptors (Lipinski definition) is 2. The van der Waals surface area contributed by atoms with E-state index < -0.39 is 0 Å². The van der Waals surface area contributed by atoms with Gasteiger partial charge >= 0.3 is 0 Å². The molecular weight excluding hydrogens is 244 g/mol. The number of nitrogens with two attached hydrogens (primary N) is 1. The van der Waals surface area contributed by atoms with Crippen molar-refractivity contribution in [1.82, 2.24) is 0 Å². The van der Waals surface area contributed by atoms with Crippen molar-refractivity contribution in [2.45, 2.75) is 34.2 Å². The summed E-state index contributed by atoms with van der Waals surface area (Å²) >= 11 is 6.04. The molecule has 1 aromatic rings. The van der Waals surface area contributed by atoms with Crippen molar-refractivity contribution in [2.24, 2.45) is 17.6 Å². The third-order valence-corrected chi connectivity index (χ3v) is 3.01. The van der Waals surface area contributed by atoms with Crippen LogP contribution in [0.15, 0.2) is 18.2 Å². The number of anilines is 1. The van der Waals surface area contributed by atoms with Gasteiger partial charge in [0.25, 0.3) is 0 Å². The second kappa shape index (κ2) is 7.01. The van der Waals surface area contributed by atoms with E-state index in [9.17, 15) is 0 Å². The van der Waals surface area contributed by atoms with Crippen molar-refractivity contribution < 1.29 is 0 Å². The smallest absolute Gasteiger partial charge is 0.0412 e. The summed E-state index contributed by atoms with van der Waals surface area (Å²) in [6.45, 7) is 11.6. The van der Waals surface area contributed by atoms with Crippen LogP contribution >= 0.6 is 11.6 Å². The van der Waals surface area contributed by atoms with Crippen LogP contribution in [0.4, 0.5) is 5.69 Å². The maximum Gasteiger partial charge on any atom is 0.0412 e. The molecule has 0 aliphatic rings. The lowest BCUT2D eigenvalue weighted by Crippen LogP contribution is -2.32. The third-order valence-electron chi connectivity index (χ3n) is 2.77. The zero-order valence-corrected chi connectivity index (χ0v) is 12.7. The maximum absolute atomic E-state index is 6.04. The fraction of sp³-hybridized carbons (Fsp3) is 0.600. The Morgan fingerprint density at radius 1 is 1.11 bits per heavy atom. The van der Waals surface area contributed by atoms with Crippen LogP contribution in [0, 0.1) is 11.8 Å². The number of rotatable bonds is 6. The molecule has 2 N–H and O–H groups in total. The predicted molar refractivity (Wildman–Crippen MR) is 81.2 cm³/mol. The van der Waals surface area contributed by atoms with Crippen molar-refractivity contribution in [3.8, 4) is 0 Å². The zero-order valence-electron chi connectivity index (χ0n) is 11.9. The van der Waals surface area contributed by atoms with E-state index in [0.717, 1.165) is 23.7 Å². The summed E-state index contributed by atoms with van der Waals surface area (Å²) in [6.07, 6.45) is 0. The molecule has 0 spiro atoms. The summed E-state index contributed by atoms with van der Waals surface area (Å²) in [5.41, 5.74) is 8.19. The van der Waals surface area contributed by atoms with Crippen LogP contribution in [0.5, 0.6) is 0 Å². The summed E-state index contributed by atoms with van der Waals surface area (Å²) < 4.78 is 0. The Labute approximate surface area is 116 Å². The first-order valence-corrected chi connectivity index (χ1v) is 7.05. The number of benzene rings is 1. The van der Waals surface area contributed by atoms with Crippen molar-refractivity contribution in [1.29, 1.82) is 0 Å². The summed E-state index contributed by atoms with van der Waals surface area (Å²) in [7, 11) is 0. The standard InChI is InChI=1S/C15H25ClN2/c1-11(2)9-18(10-12(3)4)15-6-5-14(16)7-13(15)8-17/h5-7,11-12H,8-10,17H2,1-4H3. The normalized spacial score (nSPS) is 11.3. The molecule has 2 nitrogen and oxygen atoms in total. The molecule has 0 aromatic heterocycles. The van der Waals surface area contributed by atoms with E-state index in [1.807, 2.05) is 12.1 Å². The largest absolute Gasteiger partial charge is 0.371 e. The average Bonchev–Trinajstić information content (AvgIpc) is 2.26. The lowest BCUT2D eigenvalue weighted by Gasteiger charge is -2.30. The third kappa shape index (κ3) is 4.51. The van der Waals surface area contributed by atoms with E-state index in [0.29, 0.717) is 18.4 Å². The van der Waals surface area contributed by atoms with E-state index in [-0.39, 0.29) is 0 Å². The lowest BCUT2D eigenvalue weighted by atomic mass is 10.1. The number of hydrogen-bond donors (Lipinski definition) is 1. The van der Waals surface area contributed by atoms with E-state index in [4.69, 9.17) is 17.3 Å². The predicted octanol–water partition coefficient (Wildman–Crippen LogP) is 3.92. The zero-order chi connectivity index (χ0) is 13.7. The quantitative estimate of drug-likeness (QED) is 0.847. The molecule has 1 aromatic carbocycles. The maximum atomic E-state index is 6.04. The Bertz CT molecular complexity index is 365. The fourth-order valence-electron chi connectivity index (χ4n) is 2.18. The van der Waals surface area contributed by atoms with Gasteiger partial charge < -0.3 is 10.6 Å². The van der Waals surface area contributed by atoms with Gasteiger partial charge in [-0.25, -0.2) is 0 Å². The number of nitrogens with zero attached hydrogens (tertiary/aromatic N) is 1. The van der Waals surface area contributed by atoms with Gasteiger partial charge in [-0.2, -0.15) is 0 Å². The van der Waals surface area contributed by atoms with Gasteiger partial charge in [-0.05, 0) is 35.6 Å². The Morgan fingerprint density at radius 2 is 1.67 bits per heavy atom. The van der Waals surface area contributed by atoms with Crippen LogP contribution in [-0.2, 0) is 6.54 Å². The summed E-state index contributed by atoms with van der Waals surface area (Å²) in [5.74, 6) is 1.26. The molecule has 0 bridgehead atoms. The highest BCUT2D eigenvalue weighted by Gasteiger charge is 2.13. The van der Waals surface area contributed by atoms with Gasteiger partial charge in [-0.1, -0.05) is 39.3 Å². The van der Waals surface area contributed by atoms with Gasteiger partial charge in [-0.15, -0.1) is 0 Å². The Balaban J connectivity index is 3.03.